The largest absolute Gasteiger partial charge is 0.375 e. The normalized spacial score (nSPS) is 16.7. The summed E-state index contributed by atoms with van der Waals surface area (Å²) in [5.41, 5.74) is 1.71. The second kappa shape index (κ2) is 8.18. The van der Waals surface area contributed by atoms with Gasteiger partial charge in [-0.1, -0.05) is 0 Å². The first-order valence-corrected chi connectivity index (χ1v) is 8.90. The maximum atomic E-state index is 12.6. The first-order chi connectivity index (χ1) is 13.0. The molecule has 0 radical (unpaired) electrons. The van der Waals surface area contributed by atoms with Crippen LogP contribution in [0.1, 0.15) is 27.6 Å². The Bertz CT molecular complexity index is 820. The van der Waals surface area contributed by atoms with E-state index < -0.39 is 0 Å². The second-order valence-corrected chi connectivity index (χ2v) is 6.73. The molecule has 1 aliphatic rings. The molecule has 3 rings (SSSR count). The number of anilines is 2. The molecule has 1 aromatic heterocycles. The molecule has 1 atom stereocenters. The molecule has 0 spiro atoms. The van der Waals surface area contributed by atoms with Crippen LogP contribution in [-0.2, 0) is 4.74 Å². The number of morpholine rings is 1. The highest BCUT2D eigenvalue weighted by Gasteiger charge is 2.22. The first-order valence-electron chi connectivity index (χ1n) is 8.90. The fraction of sp³-hybridized carbons (Fsp3) is 0.350. The van der Waals surface area contributed by atoms with Crippen LogP contribution >= 0.6 is 0 Å². The van der Waals surface area contributed by atoms with Gasteiger partial charge < -0.3 is 19.9 Å². The second-order valence-electron chi connectivity index (χ2n) is 6.73. The summed E-state index contributed by atoms with van der Waals surface area (Å²) in [6, 6.07) is 10.4. The minimum Gasteiger partial charge on any atom is -0.375 e. The molecule has 1 unspecified atom stereocenters. The average molecular weight is 368 g/mol. The Hall–Kier alpha value is -2.93. The van der Waals surface area contributed by atoms with Crippen LogP contribution in [0.5, 0.6) is 0 Å². The third-order valence-corrected chi connectivity index (χ3v) is 4.37. The molecule has 0 aliphatic carbocycles. The summed E-state index contributed by atoms with van der Waals surface area (Å²) < 4.78 is 5.48. The van der Waals surface area contributed by atoms with Gasteiger partial charge in [0, 0.05) is 44.6 Å². The molecule has 142 valence electrons. The lowest BCUT2D eigenvalue weighted by Gasteiger charge is -2.31. The summed E-state index contributed by atoms with van der Waals surface area (Å²) in [4.78, 5) is 33.0. The van der Waals surface area contributed by atoms with Crippen molar-refractivity contribution in [2.24, 2.45) is 0 Å². The predicted octanol–water partition coefficient (Wildman–Crippen LogP) is 2.26. The van der Waals surface area contributed by atoms with E-state index in [0.29, 0.717) is 42.3 Å². The zero-order valence-corrected chi connectivity index (χ0v) is 15.8. The van der Waals surface area contributed by atoms with Gasteiger partial charge in [-0.25, -0.2) is 4.98 Å². The van der Waals surface area contributed by atoms with Gasteiger partial charge in [-0.3, -0.25) is 9.59 Å². The summed E-state index contributed by atoms with van der Waals surface area (Å²) in [5, 5.41) is 2.86. The SMILES string of the molecule is CC1CN(C(=O)c2ccc(NC(=O)c3cccnc3N(C)C)cc2)CCO1. The van der Waals surface area contributed by atoms with Crippen LogP contribution in [0.3, 0.4) is 0 Å². The van der Waals surface area contributed by atoms with Crippen molar-refractivity contribution in [2.75, 3.05) is 44.0 Å². The van der Waals surface area contributed by atoms with Gasteiger partial charge in [0.1, 0.15) is 5.82 Å². The van der Waals surface area contributed by atoms with Crippen molar-refractivity contribution >= 4 is 23.3 Å². The number of nitrogens with one attached hydrogen (secondary N) is 1. The number of benzene rings is 1. The van der Waals surface area contributed by atoms with Crippen LogP contribution < -0.4 is 10.2 Å². The molecule has 7 heteroatoms. The Labute approximate surface area is 158 Å². The van der Waals surface area contributed by atoms with E-state index >= 15 is 0 Å². The number of aromatic nitrogens is 1. The number of amides is 2. The van der Waals surface area contributed by atoms with E-state index in [9.17, 15) is 9.59 Å². The van der Waals surface area contributed by atoms with E-state index in [1.54, 1.807) is 52.4 Å². The van der Waals surface area contributed by atoms with Crippen molar-refractivity contribution < 1.29 is 14.3 Å². The quantitative estimate of drug-likeness (QED) is 0.896. The number of rotatable bonds is 4. The lowest BCUT2D eigenvalue weighted by atomic mass is 10.1. The van der Waals surface area contributed by atoms with Gasteiger partial charge in [0.2, 0.25) is 0 Å². The molecule has 0 saturated carbocycles. The molecule has 1 N–H and O–H groups in total. The van der Waals surface area contributed by atoms with Crippen LogP contribution in [0.2, 0.25) is 0 Å². The van der Waals surface area contributed by atoms with Crippen molar-refractivity contribution in [3.8, 4) is 0 Å². The fourth-order valence-electron chi connectivity index (χ4n) is 3.01. The Kier molecular flexibility index (Phi) is 5.71. The maximum absolute atomic E-state index is 12.6. The van der Waals surface area contributed by atoms with Gasteiger partial charge in [-0.2, -0.15) is 0 Å². The molecule has 2 aromatic rings. The summed E-state index contributed by atoms with van der Waals surface area (Å²) in [5.74, 6) is 0.335. The Balaban J connectivity index is 1.69. The minimum absolute atomic E-state index is 0.0230. The highest BCUT2D eigenvalue weighted by atomic mass is 16.5. The number of hydrogen-bond donors (Lipinski definition) is 1. The van der Waals surface area contributed by atoms with Crippen LogP contribution in [0.25, 0.3) is 0 Å². The van der Waals surface area contributed by atoms with Crippen molar-refractivity contribution in [1.82, 2.24) is 9.88 Å². The zero-order chi connectivity index (χ0) is 19.4. The van der Waals surface area contributed by atoms with E-state index in [0.717, 1.165) is 0 Å². The number of ether oxygens (including phenoxy) is 1. The number of carbonyl (C=O) groups excluding carboxylic acids is 2. The first kappa shape index (κ1) is 18.8. The molecule has 2 amide bonds. The molecule has 1 saturated heterocycles. The van der Waals surface area contributed by atoms with Crippen LogP contribution in [-0.4, -0.2) is 61.6 Å². The summed E-state index contributed by atoms with van der Waals surface area (Å²) in [7, 11) is 3.68. The number of nitrogens with zero attached hydrogens (tertiary/aromatic N) is 3. The molecule has 1 fully saturated rings. The average Bonchev–Trinajstić information content (AvgIpc) is 2.68. The predicted molar refractivity (Wildman–Crippen MR) is 104 cm³/mol. The van der Waals surface area contributed by atoms with Crippen molar-refractivity contribution in [3.05, 3.63) is 53.7 Å². The van der Waals surface area contributed by atoms with Gasteiger partial charge in [0.25, 0.3) is 11.8 Å². The Morgan fingerprint density at radius 2 is 1.96 bits per heavy atom. The minimum atomic E-state index is -0.243. The summed E-state index contributed by atoms with van der Waals surface area (Å²) in [6.45, 7) is 3.69. The molecule has 2 heterocycles. The third kappa shape index (κ3) is 4.43. The topological polar surface area (TPSA) is 74.8 Å². The van der Waals surface area contributed by atoms with Gasteiger partial charge >= 0.3 is 0 Å². The van der Waals surface area contributed by atoms with Crippen LogP contribution in [0.15, 0.2) is 42.6 Å². The van der Waals surface area contributed by atoms with Crippen LogP contribution in [0, 0.1) is 0 Å². The van der Waals surface area contributed by atoms with Crippen molar-refractivity contribution in [3.63, 3.8) is 0 Å². The summed E-state index contributed by atoms with van der Waals surface area (Å²) in [6.07, 6.45) is 1.70. The smallest absolute Gasteiger partial charge is 0.259 e. The Morgan fingerprint density at radius 1 is 1.22 bits per heavy atom. The fourth-order valence-corrected chi connectivity index (χ4v) is 3.01. The van der Waals surface area contributed by atoms with E-state index in [2.05, 4.69) is 10.3 Å². The van der Waals surface area contributed by atoms with Gasteiger partial charge in [0.15, 0.2) is 0 Å². The number of pyridine rings is 1. The lowest BCUT2D eigenvalue weighted by molar-refractivity contribution is -0.0124. The molecule has 7 nitrogen and oxygen atoms in total. The third-order valence-electron chi connectivity index (χ3n) is 4.37. The lowest BCUT2D eigenvalue weighted by Crippen LogP contribution is -2.44. The monoisotopic (exact) mass is 368 g/mol. The van der Waals surface area contributed by atoms with Crippen molar-refractivity contribution in [2.45, 2.75) is 13.0 Å². The van der Waals surface area contributed by atoms with E-state index in [1.807, 2.05) is 21.0 Å². The number of hydrogen-bond acceptors (Lipinski definition) is 5. The van der Waals surface area contributed by atoms with E-state index in [-0.39, 0.29) is 17.9 Å². The number of carbonyl (C=O) groups is 2. The molecule has 0 bridgehead atoms. The molecule has 1 aliphatic heterocycles. The zero-order valence-electron chi connectivity index (χ0n) is 15.8. The Morgan fingerprint density at radius 3 is 2.63 bits per heavy atom. The van der Waals surface area contributed by atoms with Gasteiger partial charge in [-0.05, 0) is 43.3 Å². The van der Waals surface area contributed by atoms with Gasteiger partial charge in [-0.15, -0.1) is 0 Å². The van der Waals surface area contributed by atoms with Gasteiger partial charge in [0.05, 0.1) is 18.3 Å². The van der Waals surface area contributed by atoms with Crippen LogP contribution in [0.4, 0.5) is 11.5 Å². The maximum Gasteiger partial charge on any atom is 0.259 e. The highest BCUT2D eigenvalue weighted by molar-refractivity contribution is 6.07. The highest BCUT2D eigenvalue weighted by Crippen LogP contribution is 2.18. The molecular weight excluding hydrogens is 344 g/mol. The standard InChI is InChI=1S/C20H24N4O3/c1-14-13-24(11-12-27-14)20(26)15-6-8-16(9-7-15)22-19(25)17-5-4-10-21-18(17)23(2)3/h4-10,14H,11-13H2,1-3H3,(H,22,25). The molecular formula is C20H24N4O3. The van der Waals surface area contributed by atoms with Crippen molar-refractivity contribution in [1.29, 1.82) is 0 Å². The summed E-state index contributed by atoms with van der Waals surface area (Å²) >= 11 is 0. The van der Waals surface area contributed by atoms with E-state index in [4.69, 9.17) is 4.74 Å². The van der Waals surface area contributed by atoms with E-state index in [1.165, 1.54) is 0 Å². The molecule has 1 aromatic carbocycles. The molecule has 27 heavy (non-hydrogen) atoms.